The predicted octanol–water partition coefficient (Wildman–Crippen LogP) is 2.09. The highest BCUT2D eigenvalue weighted by Crippen LogP contribution is 2.28. The molecule has 0 amide bonds. The summed E-state index contributed by atoms with van der Waals surface area (Å²) in [5.74, 6) is 1.62. The third-order valence-electron chi connectivity index (χ3n) is 2.89. The summed E-state index contributed by atoms with van der Waals surface area (Å²) < 4.78 is 12.3. The van der Waals surface area contributed by atoms with Crippen molar-refractivity contribution in [1.82, 2.24) is 9.78 Å². The van der Waals surface area contributed by atoms with Gasteiger partial charge in [0.1, 0.15) is 11.5 Å². The van der Waals surface area contributed by atoms with E-state index in [2.05, 4.69) is 10.4 Å². The quantitative estimate of drug-likeness (QED) is 0.865. The number of aryl methyl sites for hydroxylation is 1. The first-order chi connectivity index (χ1) is 9.22. The van der Waals surface area contributed by atoms with E-state index in [1.54, 1.807) is 14.2 Å². The fourth-order valence-electron chi connectivity index (χ4n) is 1.89. The lowest BCUT2D eigenvalue weighted by Crippen LogP contribution is -2.06. The van der Waals surface area contributed by atoms with Crippen LogP contribution in [-0.2, 0) is 13.5 Å². The lowest BCUT2D eigenvalue weighted by molar-refractivity contribution is 0.404. The van der Waals surface area contributed by atoms with Crippen LogP contribution in [0, 0.1) is 0 Å². The van der Waals surface area contributed by atoms with E-state index in [-0.39, 0.29) is 0 Å². The van der Waals surface area contributed by atoms with Gasteiger partial charge in [-0.3, -0.25) is 4.68 Å². The Labute approximate surface area is 113 Å². The summed E-state index contributed by atoms with van der Waals surface area (Å²) in [6, 6.07) is 5.71. The number of benzene rings is 1. The van der Waals surface area contributed by atoms with Crippen LogP contribution < -0.4 is 14.8 Å². The van der Waals surface area contributed by atoms with Crippen molar-refractivity contribution in [2.45, 2.75) is 6.42 Å². The molecule has 0 aliphatic carbocycles. The molecule has 0 unspecified atom stereocenters. The molecule has 0 radical (unpaired) electrons. The van der Waals surface area contributed by atoms with Crippen LogP contribution in [0.3, 0.4) is 0 Å². The molecule has 0 spiro atoms. The van der Waals surface area contributed by atoms with Crippen LogP contribution in [0.5, 0.6) is 11.5 Å². The zero-order valence-electron chi connectivity index (χ0n) is 11.5. The average molecular weight is 261 g/mol. The van der Waals surface area contributed by atoms with Crippen molar-refractivity contribution in [3.8, 4) is 11.5 Å². The highest BCUT2D eigenvalue weighted by molar-refractivity contribution is 5.59. The van der Waals surface area contributed by atoms with Gasteiger partial charge in [0.15, 0.2) is 0 Å². The third kappa shape index (κ3) is 3.40. The van der Waals surface area contributed by atoms with Gasteiger partial charge in [0.05, 0.1) is 26.1 Å². The van der Waals surface area contributed by atoms with Crippen LogP contribution in [0.25, 0.3) is 0 Å². The molecule has 0 saturated carbocycles. The van der Waals surface area contributed by atoms with E-state index in [9.17, 15) is 0 Å². The molecule has 1 N–H and O–H groups in total. The van der Waals surface area contributed by atoms with Crippen molar-refractivity contribution in [2.24, 2.45) is 7.05 Å². The SMILES string of the molecule is COc1ccc(OC)c(NCCc2cnn(C)c2)c1. The van der Waals surface area contributed by atoms with E-state index in [0.717, 1.165) is 30.2 Å². The summed E-state index contributed by atoms with van der Waals surface area (Å²) in [6.07, 6.45) is 4.81. The number of hydrogen-bond donors (Lipinski definition) is 1. The molecule has 0 aliphatic heterocycles. The zero-order valence-corrected chi connectivity index (χ0v) is 11.5. The predicted molar refractivity (Wildman–Crippen MR) is 74.9 cm³/mol. The lowest BCUT2D eigenvalue weighted by atomic mass is 10.2. The van der Waals surface area contributed by atoms with Gasteiger partial charge in [-0.05, 0) is 24.1 Å². The fraction of sp³-hybridized carbons (Fsp3) is 0.357. The summed E-state index contributed by atoms with van der Waals surface area (Å²) in [6.45, 7) is 0.815. The Bertz CT molecular complexity index is 537. The van der Waals surface area contributed by atoms with Crippen molar-refractivity contribution in [1.29, 1.82) is 0 Å². The van der Waals surface area contributed by atoms with Crippen LogP contribution in [0.15, 0.2) is 30.6 Å². The zero-order chi connectivity index (χ0) is 13.7. The van der Waals surface area contributed by atoms with E-state index < -0.39 is 0 Å². The summed E-state index contributed by atoms with van der Waals surface area (Å²) in [5.41, 5.74) is 2.14. The molecule has 1 aromatic heterocycles. The highest BCUT2D eigenvalue weighted by Gasteiger charge is 2.04. The second-order valence-electron chi connectivity index (χ2n) is 4.27. The average Bonchev–Trinajstić information content (AvgIpc) is 2.84. The number of anilines is 1. The maximum atomic E-state index is 5.32. The molecule has 1 aromatic carbocycles. The molecular weight excluding hydrogens is 242 g/mol. The van der Waals surface area contributed by atoms with Crippen molar-refractivity contribution in [2.75, 3.05) is 26.1 Å². The number of rotatable bonds is 6. The normalized spacial score (nSPS) is 10.3. The number of hydrogen-bond acceptors (Lipinski definition) is 4. The highest BCUT2D eigenvalue weighted by atomic mass is 16.5. The number of ether oxygens (including phenoxy) is 2. The van der Waals surface area contributed by atoms with Gasteiger partial charge < -0.3 is 14.8 Å². The van der Waals surface area contributed by atoms with Crippen molar-refractivity contribution in [3.05, 3.63) is 36.2 Å². The smallest absolute Gasteiger partial charge is 0.142 e. The third-order valence-corrected chi connectivity index (χ3v) is 2.89. The Morgan fingerprint density at radius 3 is 2.74 bits per heavy atom. The van der Waals surface area contributed by atoms with Gasteiger partial charge in [-0.2, -0.15) is 5.10 Å². The first-order valence-corrected chi connectivity index (χ1v) is 6.16. The van der Waals surface area contributed by atoms with Crippen LogP contribution >= 0.6 is 0 Å². The van der Waals surface area contributed by atoms with Gasteiger partial charge in [-0.1, -0.05) is 0 Å². The molecule has 0 fully saturated rings. The molecule has 19 heavy (non-hydrogen) atoms. The summed E-state index contributed by atoms with van der Waals surface area (Å²) in [5, 5.41) is 7.50. The van der Waals surface area contributed by atoms with Gasteiger partial charge in [0.2, 0.25) is 0 Å². The van der Waals surface area contributed by atoms with Crippen LogP contribution in [0.1, 0.15) is 5.56 Å². The topological polar surface area (TPSA) is 48.3 Å². The van der Waals surface area contributed by atoms with Gasteiger partial charge in [-0.15, -0.1) is 0 Å². The van der Waals surface area contributed by atoms with E-state index >= 15 is 0 Å². The molecule has 5 nitrogen and oxygen atoms in total. The molecule has 0 atom stereocenters. The van der Waals surface area contributed by atoms with Crippen molar-refractivity contribution < 1.29 is 9.47 Å². The molecule has 2 rings (SSSR count). The lowest BCUT2D eigenvalue weighted by Gasteiger charge is -2.12. The summed E-state index contributed by atoms with van der Waals surface area (Å²) >= 11 is 0. The van der Waals surface area contributed by atoms with E-state index in [0.29, 0.717) is 0 Å². The molecule has 0 bridgehead atoms. The minimum Gasteiger partial charge on any atom is -0.497 e. The Morgan fingerprint density at radius 1 is 1.26 bits per heavy atom. The summed E-state index contributed by atoms with van der Waals surface area (Å²) in [4.78, 5) is 0. The van der Waals surface area contributed by atoms with Crippen LogP contribution in [-0.4, -0.2) is 30.5 Å². The minimum atomic E-state index is 0.810. The molecule has 102 valence electrons. The number of nitrogens with zero attached hydrogens (tertiary/aromatic N) is 2. The number of nitrogens with one attached hydrogen (secondary N) is 1. The van der Waals surface area contributed by atoms with Gasteiger partial charge in [0.25, 0.3) is 0 Å². The fourth-order valence-corrected chi connectivity index (χ4v) is 1.89. The summed E-state index contributed by atoms with van der Waals surface area (Å²) in [7, 11) is 5.23. The van der Waals surface area contributed by atoms with Crippen molar-refractivity contribution in [3.63, 3.8) is 0 Å². The Balaban J connectivity index is 1.98. The first kappa shape index (κ1) is 13.3. The van der Waals surface area contributed by atoms with Crippen LogP contribution in [0.4, 0.5) is 5.69 Å². The van der Waals surface area contributed by atoms with Crippen molar-refractivity contribution >= 4 is 5.69 Å². The monoisotopic (exact) mass is 261 g/mol. The molecule has 0 aliphatic rings. The maximum absolute atomic E-state index is 5.32. The Kier molecular flexibility index (Phi) is 4.28. The Hall–Kier alpha value is -2.17. The number of methoxy groups -OCH3 is 2. The first-order valence-electron chi connectivity index (χ1n) is 6.16. The van der Waals surface area contributed by atoms with Gasteiger partial charge in [0, 0.05) is 25.9 Å². The van der Waals surface area contributed by atoms with Gasteiger partial charge >= 0.3 is 0 Å². The maximum Gasteiger partial charge on any atom is 0.142 e. The van der Waals surface area contributed by atoms with E-state index in [4.69, 9.17) is 9.47 Å². The largest absolute Gasteiger partial charge is 0.497 e. The van der Waals surface area contributed by atoms with E-state index in [1.165, 1.54) is 5.56 Å². The molecule has 0 saturated heterocycles. The number of aromatic nitrogens is 2. The van der Waals surface area contributed by atoms with Crippen LogP contribution in [0.2, 0.25) is 0 Å². The standard InChI is InChI=1S/C14H19N3O2/c1-17-10-11(9-16-17)6-7-15-13-8-12(18-2)4-5-14(13)19-3/h4-5,8-10,15H,6-7H2,1-3H3. The molecule has 1 heterocycles. The molecular formula is C14H19N3O2. The second-order valence-corrected chi connectivity index (χ2v) is 4.27. The molecule has 5 heteroatoms. The second kappa shape index (κ2) is 6.13. The van der Waals surface area contributed by atoms with E-state index in [1.807, 2.05) is 42.3 Å². The Morgan fingerprint density at radius 2 is 2.11 bits per heavy atom. The molecule has 2 aromatic rings. The van der Waals surface area contributed by atoms with Gasteiger partial charge in [-0.25, -0.2) is 0 Å². The minimum absolute atomic E-state index is 0.810.